The molecule has 1 unspecified atom stereocenters. The Morgan fingerprint density at radius 1 is 1.33 bits per heavy atom. The van der Waals surface area contributed by atoms with Crippen LogP contribution in [0.25, 0.3) is 21.9 Å². The second kappa shape index (κ2) is 4.44. The number of nitrogen functional groups attached to an aromatic ring is 1. The number of amides is 1. The standard InChI is InChI=1S/C15H15N5O/c16-15-19-12-7-17-11-4-2-1-3-10(11)14(12)20(15)8-9-5-6-13(21)18-9/h1-4,7,9H,5-6,8H2,(H2,16,19)(H,18,21). The Labute approximate surface area is 121 Å². The zero-order chi connectivity index (χ0) is 14.4. The molecule has 6 nitrogen and oxygen atoms in total. The maximum absolute atomic E-state index is 11.4. The molecule has 1 aliphatic heterocycles. The molecule has 3 aromatic rings. The van der Waals surface area contributed by atoms with Gasteiger partial charge in [0.2, 0.25) is 11.9 Å². The van der Waals surface area contributed by atoms with Gasteiger partial charge in [-0.25, -0.2) is 4.98 Å². The van der Waals surface area contributed by atoms with Crippen molar-refractivity contribution in [2.75, 3.05) is 5.73 Å². The fraction of sp³-hybridized carbons (Fsp3) is 0.267. The third-order valence-corrected chi connectivity index (χ3v) is 4.00. The number of para-hydroxylation sites is 1. The van der Waals surface area contributed by atoms with Crippen molar-refractivity contribution in [3.05, 3.63) is 30.5 Å². The largest absolute Gasteiger partial charge is 0.369 e. The van der Waals surface area contributed by atoms with Crippen molar-refractivity contribution < 1.29 is 4.79 Å². The van der Waals surface area contributed by atoms with Gasteiger partial charge in [0.05, 0.1) is 17.2 Å². The number of carbonyl (C=O) groups is 1. The van der Waals surface area contributed by atoms with E-state index in [9.17, 15) is 4.79 Å². The van der Waals surface area contributed by atoms with Gasteiger partial charge in [-0.05, 0) is 12.5 Å². The summed E-state index contributed by atoms with van der Waals surface area (Å²) in [4.78, 5) is 20.2. The fourth-order valence-electron chi connectivity index (χ4n) is 3.00. The molecule has 0 aliphatic carbocycles. The first kappa shape index (κ1) is 12.1. The lowest BCUT2D eigenvalue weighted by atomic mass is 10.2. The third kappa shape index (κ3) is 1.91. The number of carbonyl (C=O) groups excluding carboxylic acids is 1. The molecule has 4 rings (SSSR count). The molecule has 1 aliphatic rings. The first-order valence-corrected chi connectivity index (χ1v) is 7.01. The van der Waals surface area contributed by atoms with E-state index >= 15 is 0 Å². The van der Waals surface area contributed by atoms with Crippen molar-refractivity contribution in [1.29, 1.82) is 0 Å². The second-order valence-electron chi connectivity index (χ2n) is 5.39. The van der Waals surface area contributed by atoms with E-state index in [1.807, 2.05) is 28.8 Å². The van der Waals surface area contributed by atoms with Crippen molar-refractivity contribution in [3.63, 3.8) is 0 Å². The number of rotatable bonds is 2. The third-order valence-electron chi connectivity index (χ3n) is 4.00. The predicted molar refractivity (Wildman–Crippen MR) is 80.6 cm³/mol. The monoisotopic (exact) mass is 281 g/mol. The Hall–Kier alpha value is -2.63. The van der Waals surface area contributed by atoms with Gasteiger partial charge < -0.3 is 15.6 Å². The zero-order valence-electron chi connectivity index (χ0n) is 11.4. The summed E-state index contributed by atoms with van der Waals surface area (Å²) in [5, 5.41) is 4.00. The van der Waals surface area contributed by atoms with E-state index in [0.717, 1.165) is 28.4 Å². The minimum atomic E-state index is 0.106. The molecule has 1 atom stereocenters. The number of nitrogens with two attached hydrogens (primary N) is 1. The molecular weight excluding hydrogens is 266 g/mol. The van der Waals surface area contributed by atoms with E-state index in [1.54, 1.807) is 6.20 Å². The number of anilines is 1. The van der Waals surface area contributed by atoms with Crippen LogP contribution in [0.15, 0.2) is 30.5 Å². The first-order chi connectivity index (χ1) is 10.2. The highest BCUT2D eigenvalue weighted by atomic mass is 16.1. The smallest absolute Gasteiger partial charge is 0.220 e. The molecule has 0 saturated carbocycles. The lowest BCUT2D eigenvalue weighted by molar-refractivity contribution is -0.119. The van der Waals surface area contributed by atoms with Crippen molar-refractivity contribution >= 4 is 33.8 Å². The number of imidazole rings is 1. The van der Waals surface area contributed by atoms with Crippen LogP contribution in [0.1, 0.15) is 12.8 Å². The first-order valence-electron chi connectivity index (χ1n) is 7.01. The van der Waals surface area contributed by atoms with E-state index in [2.05, 4.69) is 15.3 Å². The Bertz CT molecular complexity index is 854. The normalized spacial score (nSPS) is 18.5. The summed E-state index contributed by atoms with van der Waals surface area (Å²) < 4.78 is 1.98. The summed E-state index contributed by atoms with van der Waals surface area (Å²) in [7, 11) is 0. The molecule has 0 radical (unpaired) electrons. The predicted octanol–water partition coefficient (Wildman–Crippen LogP) is 1.45. The molecule has 21 heavy (non-hydrogen) atoms. The summed E-state index contributed by atoms with van der Waals surface area (Å²) in [5.41, 5.74) is 8.76. The number of benzene rings is 1. The molecule has 0 bridgehead atoms. The maximum Gasteiger partial charge on any atom is 0.220 e. The second-order valence-corrected chi connectivity index (χ2v) is 5.39. The molecule has 1 saturated heterocycles. The quantitative estimate of drug-likeness (QED) is 0.744. The Morgan fingerprint density at radius 3 is 3.00 bits per heavy atom. The van der Waals surface area contributed by atoms with Gasteiger partial charge >= 0.3 is 0 Å². The summed E-state index contributed by atoms with van der Waals surface area (Å²) in [6, 6.07) is 8.05. The zero-order valence-corrected chi connectivity index (χ0v) is 11.4. The minimum Gasteiger partial charge on any atom is -0.369 e. The lowest BCUT2D eigenvalue weighted by Gasteiger charge is -2.13. The molecular formula is C15H15N5O. The van der Waals surface area contributed by atoms with E-state index in [-0.39, 0.29) is 11.9 Å². The van der Waals surface area contributed by atoms with Crippen molar-refractivity contribution in [1.82, 2.24) is 19.9 Å². The highest BCUT2D eigenvalue weighted by molar-refractivity contribution is 6.02. The number of aromatic nitrogens is 3. The highest BCUT2D eigenvalue weighted by Gasteiger charge is 2.23. The summed E-state index contributed by atoms with van der Waals surface area (Å²) >= 11 is 0. The van der Waals surface area contributed by atoms with Gasteiger partial charge in [-0.2, -0.15) is 0 Å². The molecule has 6 heteroatoms. The van der Waals surface area contributed by atoms with Crippen LogP contribution in [-0.4, -0.2) is 26.5 Å². The van der Waals surface area contributed by atoms with E-state index < -0.39 is 0 Å². The average molecular weight is 281 g/mol. The average Bonchev–Trinajstić information content (AvgIpc) is 3.03. The highest BCUT2D eigenvalue weighted by Crippen LogP contribution is 2.26. The SMILES string of the molecule is Nc1nc2cnc3ccccc3c2n1CC1CCC(=O)N1. The van der Waals surface area contributed by atoms with E-state index in [0.29, 0.717) is 18.9 Å². The fourth-order valence-corrected chi connectivity index (χ4v) is 3.00. The number of nitrogens with zero attached hydrogens (tertiary/aromatic N) is 3. The number of nitrogens with one attached hydrogen (secondary N) is 1. The topological polar surface area (TPSA) is 85.8 Å². The van der Waals surface area contributed by atoms with Crippen LogP contribution in [0.3, 0.4) is 0 Å². The van der Waals surface area contributed by atoms with Crippen LogP contribution in [0.2, 0.25) is 0 Å². The molecule has 2 aromatic heterocycles. The molecule has 3 N–H and O–H groups in total. The molecule has 3 heterocycles. The molecule has 1 aromatic carbocycles. The maximum atomic E-state index is 11.4. The molecule has 1 amide bonds. The van der Waals surface area contributed by atoms with E-state index in [1.165, 1.54) is 0 Å². The van der Waals surface area contributed by atoms with Gasteiger partial charge in [0.15, 0.2) is 0 Å². The van der Waals surface area contributed by atoms with E-state index in [4.69, 9.17) is 5.73 Å². The summed E-state index contributed by atoms with van der Waals surface area (Å²) in [6.07, 6.45) is 3.16. The van der Waals surface area contributed by atoms with Crippen molar-refractivity contribution in [2.45, 2.75) is 25.4 Å². The number of pyridine rings is 1. The van der Waals surface area contributed by atoms with Crippen molar-refractivity contribution in [2.24, 2.45) is 0 Å². The number of fused-ring (bicyclic) bond motifs is 3. The van der Waals surface area contributed by atoms with Gasteiger partial charge in [-0.3, -0.25) is 9.78 Å². The van der Waals surface area contributed by atoms with Crippen LogP contribution >= 0.6 is 0 Å². The Kier molecular flexibility index (Phi) is 2.57. The van der Waals surface area contributed by atoms with Gasteiger partial charge in [0.25, 0.3) is 0 Å². The summed E-state index contributed by atoms with van der Waals surface area (Å²) in [6.45, 7) is 0.641. The van der Waals surface area contributed by atoms with Gasteiger partial charge in [-0.15, -0.1) is 0 Å². The van der Waals surface area contributed by atoms with Crippen LogP contribution in [-0.2, 0) is 11.3 Å². The molecule has 106 valence electrons. The number of hydrogen-bond acceptors (Lipinski definition) is 4. The van der Waals surface area contributed by atoms with Gasteiger partial charge in [0, 0.05) is 24.4 Å². The lowest BCUT2D eigenvalue weighted by Crippen LogP contribution is -2.30. The Morgan fingerprint density at radius 2 is 2.19 bits per heavy atom. The van der Waals surface area contributed by atoms with Crippen LogP contribution in [0.5, 0.6) is 0 Å². The number of hydrogen-bond donors (Lipinski definition) is 2. The van der Waals surface area contributed by atoms with Crippen LogP contribution in [0, 0.1) is 0 Å². The molecule has 1 fully saturated rings. The van der Waals surface area contributed by atoms with Crippen molar-refractivity contribution in [3.8, 4) is 0 Å². The van der Waals surface area contributed by atoms with Crippen LogP contribution in [0.4, 0.5) is 5.95 Å². The molecule has 0 spiro atoms. The minimum absolute atomic E-state index is 0.106. The summed E-state index contributed by atoms with van der Waals surface area (Å²) in [5.74, 6) is 0.568. The Balaban J connectivity index is 1.88. The van der Waals surface area contributed by atoms with Gasteiger partial charge in [-0.1, -0.05) is 18.2 Å². The van der Waals surface area contributed by atoms with Crippen LogP contribution < -0.4 is 11.1 Å². The van der Waals surface area contributed by atoms with Gasteiger partial charge in [0.1, 0.15) is 5.52 Å².